The number of nitrogens with zero attached hydrogens (tertiary/aromatic N) is 2. The molecule has 1 amide bonds. The van der Waals surface area contributed by atoms with Crippen LogP contribution in [0.2, 0.25) is 0 Å². The van der Waals surface area contributed by atoms with Gasteiger partial charge in [0.1, 0.15) is 34.4 Å². The molecule has 4 unspecified atom stereocenters. The highest BCUT2D eigenvalue weighted by Gasteiger charge is 2.63. The molecule has 206 valence electrons. The first-order valence-corrected chi connectivity index (χ1v) is 12.5. The molecule has 6 N–H and O–H groups in total. The summed E-state index contributed by atoms with van der Waals surface area (Å²) in [6, 6.07) is 4.08. The molecular formula is C28H31N3O8. The second-order valence-corrected chi connectivity index (χ2v) is 10.9. The third-order valence-corrected chi connectivity index (χ3v) is 8.19. The minimum Gasteiger partial charge on any atom is -0.510 e. The van der Waals surface area contributed by atoms with Gasteiger partial charge in [0.15, 0.2) is 11.4 Å². The molecule has 1 aromatic carbocycles. The zero-order valence-electron chi connectivity index (χ0n) is 22.3. The van der Waals surface area contributed by atoms with Gasteiger partial charge in [0.05, 0.1) is 17.2 Å². The van der Waals surface area contributed by atoms with Crippen molar-refractivity contribution in [3.63, 3.8) is 0 Å². The van der Waals surface area contributed by atoms with Crippen LogP contribution in [0.4, 0.5) is 5.69 Å². The average Bonchev–Trinajstić information content (AvgIpc) is 3.26. The number of allylic oxidation sites excluding steroid dienone is 1. The van der Waals surface area contributed by atoms with E-state index in [1.165, 1.54) is 4.90 Å². The Labute approximate surface area is 224 Å². The fraction of sp³-hybridized carbons (Fsp3) is 0.393. The van der Waals surface area contributed by atoms with Crippen LogP contribution in [-0.4, -0.2) is 82.6 Å². The molecule has 1 heterocycles. The van der Waals surface area contributed by atoms with Gasteiger partial charge in [-0.05, 0) is 63.5 Å². The number of aliphatic hydroxyl groups excluding tert-OH is 2. The maximum Gasteiger partial charge on any atom is 0.255 e. The number of furan rings is 1. The Hall–Kier alpha value is -4.09. The zero-order valence-corrected chi connectivity index (χ0v) is 22.3. The molecule has 0 saturated heterocycles. The van der Waals surface area contributed by atoms with Crippen LogP contribution in [0.5, 0.6) is 5.75 Å². The number of likely N-dealkylation sites (N-methyl/N-ethyl adjacent to an activating group) is 1. The van der Waals surface area contributed by atoms with E-state index in [4.69, 9.17) is 10.2 Å². The van der Waals surface area contributed by atoms with Gasteiger partial charge in [-0.25, -0.2) is 0 Å². The van der Waals surface area contributed by atoms with Crippen LogP contribution in [0, 0.1) is 18.8 Å². The van der Waals surface area contributed by atoms with E-state index < -0.39 is 58.0 Å². The monoisotopic (exact) mass is 537 g/mol. The van der Waals surface area contributed by atoms with Crippen molar-refractivity contribution < 1.29 is 39.2 Å². The number of hydrogen-bond acceptors (Lipinski definition) is 10. The number of anilines is 1. The number of carbonyl (C=O) groups excluding carboxylic acids is 3. The van der Waals surface area contributed by atoms with Gasteiger partial charge >= 0.3 is 0 Å². The van der Waals surface area contributed by atoms with Crippen molar-refractivity contribution in [3.8, 4) is 17.1 Å². The largest absolute Gasteiger partial charge is 0.510 e. The van der Waals surface area contributed by atoms with E-state index in [1.54, 1.807) is 58.2 Å². The van der Waals surface area contributed by atoms with Crippen LogP contribution >= 0.6 is 0 Å². The maximum atomic E-state index is 14.1. The minimum absolute atomic E-state index is 0.0263. The van der Waals surface area contributed by atoms with Crippen LogP contribution < -0.4 is 10.6 Å². The van der Waals surface area contributed by atoms with Gasteiger partial charge < -0.3 is 35.5 Å². The van der Waals surface area contributed by atoms with Gasteiger partial charge in [0.25, 0.3) is 5.91 Å². The molecular weight excluding hydrogens is 506 g/mol. The number of fused-ring (bicyclic) bond motifs is 3. The molecule has 3 aliphatic rings. The smallest absolute Gasteiger partial charge is 0.255 e. The molecule has 5 rings (SSSR count). The fourth-order valence-corrected chi connectivity index (χ4v) is 6.47. The van der Waals surface area contributed by atoms with E-state index in [0.29, 0.717) is 22.8 Å². The quantitative estimate of drug-likeness (QED) is 0.361. The van der Waals surface area contributed by atoms with Crippen molar-refractivity contribution in [1.82, 2.24) is 4.90 Å². The molecule has 11 nitrogen and oxygen atoms in total. The summed E-state index contributed by atoms with van der Waals surface area (Å²) in [5.74, 6) is -5.90. The molecule has 1 aromatic heterocycles. The number of primary amides is 1. The lowest BCUT2D eigenvalue weighted by atomic mass is 9.58. The third-order valence-electron chi connectivity index (χ3n) is 8.19. The summed E-state index contributed by atoms with van der Waals surface area (Å²) in [5.41, 5.74) is 3.07. The van der Waals surface area contributed by atoms with Crippen molar-refractivity contribution in [2.45, 2.75) is 31.4 Å². The first kappa shape index (κ1) is 26.5. The molecule has 2 aromatic rings. The Balaban J connectivity index is 1.76. The van der Waals surface area contributed by atoms with Crippen molar-refractivity contribution >= 4 is 23.2 Å². The van der Waals surface area contributed by atoms with Gasteiger partial charge in [-0.3, -0.25) is 19.3 Å². The first-order valence-electron chi connectivity index (χ1n) is 12.5. The number of rotatable bonds is 4. The first-order chi connectivity index (χ1) is 18.2. The Morgan fingerprint density at radius 3 is 2.33 bits per heavy atom. The number of phenols is 1. The second-order valence-electron chi connectivity index (χ2n) is 10.9. The number of phenolic OH excluding ortho intramolecular Hbond substituents is 1. The van der Waals surface area contributed by atoms with Gasteiger partial charge in [-0.1, -0.05) is 0 Å². The SMILES string of the molecule is Cc1ccc(-c2cc(N(C)C)c3c(c2O)C(=O)C2=C(O)C4(O)C(=O)C(C(N)=O)=C(O)C(N(C)C)C4CC2C3)o1. The van der Waals surface area contributed by atoms with E-state index in [0.717, 1.165) is 0 Å². The van der Waals surface area contributed by atoms with E-state index in [9.17, 15) is 34.8 Å². The molecule has 0 radical (unpaired) electrons. The summed E-state index contributed by atoms with van der Waals surface area (Å²) < 4.78 is 5.71. The van der Waals surface area contributed by atoms with Crippen LogP contribution in [-0.2, 0) is 16.0 Å². The van der Waals surface area contributed by atoms with E-state index in [1.807, 2.05) is 0 Å². The van der Waals surface area contributed by atoms with Crippen molar-refractivity contribution in [2.24, 2.45) is 17.6 Å². The number of amides is 1. The van der Waals surface area contributed by atoms with E-state index >= 15 is 0 Å². The number of benzene rings is 1. The van der Waals surface area contributed by atoms with Crippen LogP contribution in [0.25, 0.3) is 11.3 Å². The summed E-state index contributed by atoms with van der Waals surface area (Å²) in [5, 5.41) is 45.4. The van der Waals surface area contributed by atoms with Gasteiger partial charge in [-0.15, -0.1) is 0 Å². The number of carbonyl (C=O) groups is 3. The van der Waals surface area contributed by atoms with Gasteiger partial charge in [0, 0.05) is 31.3 Å². The number of aryl methyl sites for hydroxylation is 1. The molecule has 11 heteroatoms. The van der Waals surface area contributed by atoms with Gasteiger partial charge in [-0.2, -0.15) is 0 Å². The standard InChI is InChI=1S/C28H31N3O8/c1-11-6-7-17(39-11)14-10-16(30(2)3)13-8-12-9-15-21(31(4)5)24(34)20(27(29)37)26(36)28(15,38)25(35)18(12)23(33)19(13)22(14)32/h6-7,10,12,15,21,32,34-35,38H,8-9H2,1-5H3,(H2,29,37). The predicted molar refractivity (Wildman–Crippen MR) is 140 cm³/mol. The van der Waals surface area contributed by atoms with Crippen molar-refractivity contribution in [1.29, 1.82) is 0 Å². The number of ketones is 2. The number of nitrogens with two attached hydrogens (primary N) is 1. The molecule has 3 aliphatic carbocycles. The van der Waals surface area contributed by atoms with Crippen molar-refractivity contribution in [3.05, 3.63) is 57.8 Å². The molecule has 0 bridgehead atoms. The second kappa shape index (κ2) is 8.72. The van der Waals surface area contributed by atoms with E-state index in [2.05, 4.69) is 0 Å². The molecule has 39 heavy (non-hydrogen) atoms. The highest BCUT2D eigenvalue weighted by atomic mass is 16.4. The summed E-state index contributed by atoms with van der Waals surface area (Å²) in [6.07, 6.45) is 0.228. The highest BCUT2D eigenvalue weighted by Crippen LogP contribution is 2.54. The third kappa shape index (κ3) is 3.53. The summed E-state index contributed by atoms with van der Waals surface area (Å²) in [7, 11) is 6.78. The normalized spacial score (nSPS) is 26.5. The molecule has 4 atom stereocenters. The Kier molecular flexibility index (Phi) is 5.93. The molecule has 0 saturated carbocycles. The minimum atomic E-state index is -2.68. The van der Waals surface area contributed by atoms with E-state index in [-0.39, 0.29) is 35.3 Å². The molecule has 0 spiro atoms. The fourth-order valence-electron chi connectivity index (χ4n) is 6.47. The predicted octanol–water partition coefficient (Wildman–Crippen LogP) is 1.76. The van der Waals surface area contributed by atoms with Crippen LogP contribution in [0.3, 0.4) is 0 Å². The number of aromatic hydroxyl groups is 1. The Bertz CT molecular complexity index is 1510. The highest BCUT2D eigenvalue weighted by molar-refractivity contribution is 6.25. The van der Waals surface area contributed by atoms with Crippen LogP contribution in [0.15, 0.2) is 45.3 Å². The maximum absolute atomic E-state index is 14.1. The summed E-state index contributed by atoms with van der Waals surface area (Å²) in [6.45, 7) is 1.75. The molecule has 0 aliphatic heterocycles. The van der Waals surface area contributed by atoms with Gasteiger partial charge in [0.2, 0.25) is 5.78 Å². The summed E-state index contributed by atoms with van der Waals surface area (Å²) in [4.78, 5) is 42.9. The Morgan fingerprint density at radius 2 is 1.79 bits per heavy atom. The topological polar surface area (TPSA) is 178 Å². The molecule has 0 fully saturated rings. The van der Waals surface area contributed by atoms with Crippen LogP contribution in [0.1, 0.15) is 28.1 Å². The number of aliphatic hydroxyl groups is 3. The zero-order chi connectivity index (χ0) is 28.7. The number of Topliss-reactive ketones (excluding diaryl/α,β-unsaturated/α-hetero) is 2. The average molecular weight is 538 g/mol. The lowest BCUT2D eigenvalue weighted by molar-refractivity contribution is -0.148. The summed E-state index contributed by atoms with van der Waals surface area (Å²) >= 11 is 0. The lowest BCUT2D eigenvalue weighted by Gasteiger charge is -2.50. The van der Waals surface area contributed by atoms with Crippen molar-refractivity contribution in [2.75, 3.05) is 33.1 Å². The number of hydrogen-bond donors (Lipinski definition) is 5. The lowest BCUT2D eigenvalue weighted by Crippen LogP contribution is -2.63. The Morgan fingerprint density at radius 1 is 1.13 bits per heavy atom.